The van der Waals surface area contributed by atoms with Crippen LogP contribution in [-0.2, 0) is 19.9 Å². The molecule has 1 aliphatic rings. The van der Waals surface area contributed by atoms with E-state index in [2.05, 4.69) is 15.4 Å². The molecule has 0 bridgehead atoms. The molecule has 0 aliphatic carbocycles. The molecule has 0 spiro atoms. The van der Waals surface area contributed by atoms with E-state index < -0.39 is 35.9 Å². The third kappa shape index (κ3) is 3.41. The first-order chi connectivity index (χ1) is 12.9. The average Bonchev–Trinajstić information content (AvgIpc) is 3.20. The summed E-state index contributed by atoms with van der Waals surface area (Å²) in [6.45, 7) is 1.12. The lowest BCUT2D eigenvalue weighted by Gasteiger charge is -2.22. The van der Waals surface area contributed by atoms with Gasteiger partial charge in [0.2, 0.25) is 5.91 Å². The Hall–Kier alpha value is -3.20. The van der Waals surface area contributed by atoms with Crippen molar-refractivity contribution in [3.63, 3.8) is 0 Å². The fourth-order valence-electron chi connectivity index (χ4n) is 2.80. The van der Waals surface area contributed by atoms with Gasteiger partial charge in [-0.3, -0.25) is 14.5 Å². The number of amides is 4. The minimum Gasteiger partial charge on any atom is -0.465 e. The summed E-state index contributed by atoms with van der Waals surface area (Å²) >= 11 is 1.12. The van der Waals surface area contributed by atoms with Crippen molar-refractivity contribution in [1.29, 1.82) is 0 Å². The molecule has 1 aliphatic heterocycles. The SMILES string of the molecule is COC(=O)c1sccc1NC(=O)CN1C(=O)N[C@](C)(c2ccccc2)C1=O. The Morgan fingerprint density at radius 1 is 1.22 bits per heavy atom. The van der Waals surface area contributed by atoms with Crippen LogP contribution in [0.2, 0.25) is 0 Å². The number of methoxy groups -OCH3 is 1. The number of hydrogen-bond acceptors (Lipinski definition) is 6. The van der Waals surface area contributed by atoms with Gasteiger partial charge in [0.1, 0.15) is 17.0 Å². The van der Waals surface area contributed by atoms with Crippen LogP contribution in [0.1, 0.15) is 22.2 Å². The van der Waals surface area contributed by atoms with Crippen LogP contribution in [0.5, 0.6) is 0 Å². The van der Waals surface area contributed by atoms with Gasteiger partial charge in [0.15, 0.2) is 0 Å². The maximum absolute atomic E-state index is 12.8. The Bertz CT molecular complexity index is 911. The number of benzene rings is 1. The molecule has 1 aromatic carbocycles. The highest BCUT2D eigenvalue weighted by Gasteiger charge is 2.49. The van der Waals surface area contributed by atoms with Gasteiger partial charge < -0.3 is 15.4 Å². The van der Waals surface area contributed by atoms with Gasteiger partial charge in [-0.15, -0.1) is 11.3 Å². The zero-order valence-corrected chi connectivity index (χ0v) is 15.5. The van der Waals surface area contributed by atoms with Crippen molar-refractivity contribution in [1.82, 2.24) is 10.2 Å². The van der Waals surface area contributed by atoms with Crippen LogP contribution in [0.15, 0.2) is 41.8 Å². The molecule has 0 unspecified atom stereocenters. The van der Waals surface area contributed by atoms with Crippen molar-refractivity contribution < 1.29 is 23.9 Å². The second kappa shape index (κ2) is 7.20. The third-order valence-corrected chi connectivity index (χ3v) is 5.13. The zero-order chi connectivity index (χ0) is 19.6. The Balaban J connectivity index is 1.74. The number of carbonyl (C=O) groups is 4. The minimum atomic E-state index is -1.24. The summed E-state index contributed by atoms with van der Waals surface area (Å²) in [6.07, 6.45) is 0. The fraction of sp³-hybridized carbons (Fsp3) is 0.222. The first kappa shape index (κ1) is 18.6. The molecular formula is C18H17N3O5S. The highest BCUT2D eigenvalue weighted by molar-refractivity contribution is 7.12. The van der Waals surface area contributed by atoms with E-state index in [0.717, 1.165) is 16.2 Å². The van der Waals surface area contributed by atoms with E-state index in [1.165, 1.54) is 7.11 Å². The van der Waals surface area contributed by atoms with E-state index in [1.807, 2.05) is 0 Å². The molecule has 1 aromatic heterocycles. The number of nitrogens with zero attached hydrogens (tertiary/aromatic N) is 1. The molecule has 27 heavy (non-hydrogen) atoms. The van der Waals surface area contributed by atoms with Gasteiger partial charge in [-0.1, -0.05) is 30.3 Å². The number of anilines is 1. The first-order valence-electron chi connectivity index (χ1n) is 8.02. The zero-order valence-electron chi connectivity index (χ0n) is 14.6. The van der Waals surface area contributed by atoms with Crippen LogP contribution in [0, 0.1) is 0 Å². The van der Waals surface area contributed by atoms with Crippen LogP contribution < -0.4 is 10.6 Å². The first-order valence-corrected chi connectivity index (χ1v) is 8.90. The molecule has 2 aromatic rings. The smallest absolute Gasteiger partial charge is 0.350 e. The van der Waals surface area contributed by atoms with E-state index in [4.69, 9.17) is 0 Å². The van der Waals surface area contributed by atoms with E-state index in [0.29, 0.717) is 5.56 Å². The number of nitrogens with one attached hydrogen (secondary N) is 2. The van der Waals surface area contributed by atoms with Crippen molar-refractivity contribution in [3.8, 4) is 0 Å². The molecule has 9 heteroatoms. The molecule has 1 fully saturated rings. The maximum Gasteiger partial charge on any atom is 0.350 e. The Morgan fingerprint density at radius 2 is 1.93 bits per heavy atom. The Labute approximate surface area is 159 Å². The summed E-state index contributed by atoms with van der Waals surface area (Å²) in [4.78, 5) is 50.2. The summed E-state index contributed by atoms with van der Waals surface area (Å²) in [6, 6.07) is 9.69. The van der Waals surface area contributed by atoms with Gasteiger partial charge in [-0.2, -0.15) is 0 Å². The molecule has 1 atom stereocenters. The van der Waals surface area contributed by atoms with Gasteiger partial charge in [-0.25, -0.2) is 9.59 Å². The Morgan fingerprint density at radius 3 is 2.59 bits per heavy atom. The lowest BCUT2D eigenvalue weighted by atomic mass is 9.92. The van der Waals surface area contributed by atoms with E-state index in [-0.39, 0.29) is 10.6 Å². The fourth-order valence-corrected chi connectivity index (χ4v) is 3.57. The number of hydrogen-bond donors (Lipinski definition) is 2. The Kier molecular flexibility index (Phi) is 4.95. The van der Waals surface area contributed by atoms with E-state index in [1.54, 1.807) is 48.7 Å². The van der Waals surface area contributed by atoms with Crippen molar-refractivity contribution in [2.75, 3.05) is 19.0 Å². The van der Waals surface area contributed by atoms with Crippen molar-refractivity contribution in [2.45, 2.75) is 12.5 Å². The van der Waals surface area contributed by atoms with Crippen molar-refractivity contribution in [2.24, 2.45) is 0 Å². The highest BCUT2D eigenvalue weighted by Crippen LogP contribution is 2.29. The van der Waals surface area contributed by atoms with E-state index >= 15 is 0 Å². The molecule has 0 radical (unpaired) electrons. The topological polar surface area (TPSA) is 105 Å². The lowest BCUT2D eigenvalue weighted by molar-refractivity contribution is -0.133. The number of imide groups is 1. The summed E-state index contributed by atoms with van der Waals surface area (Å²) in [5, 5.41) is 6.80. The molecule has 0 saturated carbocycles. The van der Waals surface area contributed by atoms with Crippen LogP contribution in [0.3, 0.4) is 0 Å². The van der Waals surface area contributed by atoms with Gasteiger partial charge in [0.25, 0.3) is 5.91 Å². The standard InChI is InChI=1S/C18H17N3O5S/c1-18(11-6-4-3-5-7-11)16(24)21(17(25)20-18)10-13(22)19-12-8-9-27-14(12)15(23)26-2/h3-9H,10H2,1-2H3,(H,19,22)(H,20,25)/t18-/m1/s1. The minimum absolute atomic E-state index is 0.233. The quantitative estimate of drug-likeness (QED) is 0.603. The monoisotopic (exact) mass is 387 g/mol. The van der Waals surface area contributed by atoms with Crippen LogP contribution in [0.25, 0.3) is 0 Å². The van der Waals surface area contributed by atoms with Gasteiger partial charge in [-0.05, 0) is 23.9 Å². The molecule has 1 saturated heterocycles. The number of urea groups is 1. The molecular weight excluding hydrogens is 370 g/mol. The van der Waals surface area contributed by atoms with Crippen LogP contribution in [-0.4, -0.2) is 42.4 Å². The molecule has 2 heterocycles. The molecule has 8 nitrogen and oxygen atoms in total. The van der Waals surface area contributed by atoms with Crippen molar-refractivity contribution >= 4 is 40.8 Å². The van der Waals surface area contributed by atoms with Gasteiger partial charge in [0.05, 0.1) is 12.8 Å². The largest absolute Gasteiger partial charge is 0.465 e. The normalized spacial score (nSPS) is 19.0. The number of ether oxygens (including phenoxy) is 1. The number of rotatable bonds is 5. The maximum atomic E-state index is 12.8. The number of esters is 1. The summed E-state index contributed by atoms with van der Waals surface area (Å²) in [7, 11) is 1.24. The van der Waals surface area contributed by atoms with Crippen molar-refractivity contribution in [3.05, 3.63) is 52.2 Å². The van der Waals surface area contributed by atoms with Crippen LogP contribution >= 0.6 is 11.3 Å². The second-order valence-electron chi connectivity index (χ2n) is 6.02. The molecule has 4 amide bonds. The molecule has 2 N–H and O–H groups in total. The average molecular weight is 387 g/mol. The third-order valence-electron chi connectivity index (χ3n) is 4.24. The predicted octanol–water partition coefficient (Wildman–Crippen LogP) is 1.94. The molecule has 3 rings (SSSR count). The number of carbonyl (C=O) groups excluding carboxylic acids is 4. The van der Waals surface area contributed by atoms with E-state index in [9.17, 15) is 19.2 Å². The predicted molar refractivity (Wildman–Crippen MR) is 98.3 cm³/mol. The highest BCUT2D eigenvalue weighted by atomic mass is 32.1. The lowest BCUT2D eigenvalue weighted by Crippen LogP contribution is -2.42. The van der Waals surface area contributed by atoms with Gasteiger partial charge >= 0.3 is 12.0 Å². The summed E-state index contributed by atoms with van der Waals surface area (Å²) in [5.74, 6) is -1.70. The van der Waals surface area contributed by atoms with Gasteiger partial charge in [0, 0.05) is 0 Å². The van der Waals surface area contributed by atoms with Crippen LogP contribution in [0.4, 0.5) is 10.5 Å². The summed E-state index contributed by atoms with van der Waals surface area (Å²) in [5.41, 5.74) is -0.343. The summed E-state index contributed by atoms with van der Waals surface area (Å²) < 4.78 is 4.65. The number of thiophene rings is 1. The second-order valence-corrected chi connectivity index (χ2v) is 6.93. The molecule has 140 valence electrons.